The van der Waals surface area contributed by atoms with Crippen LogP contribution in [0.4, 0.5) is 0 Å². The summed E-state index contributed by atoms with van der Waals surface area (Å²) in [5.74, 6) is 0.446. The largest absolute Gasteiger partial charge is 0.380 e. The highest BCUT2D eigenvalue weighted by atomic mass is 32.1. The molecule has 3 nitrogen and oxygen atoms in total. The SMILES string of the molecule is COCc1ccc(C(N)c2nc(C(C)C)cs2)cc1. The number of hydrogen-bond acceptors (Lipinski definition) is 4. The summed E-state index contributed by atoms with van der Waals surface area (Å²) in [5, 5.41) is 3.07. The minimum absolute atomic E-state index is 0.144. The number of thiazole rings is 1. The lowest BCUT2D eigenvalue weighted by Gasteiger charge is -2.10. The van der Waals surface area contributed by atoms with Gasteiger partial charge in [-0.25, -0.2) is 4.98 Å². The number of methoxy groups -OCH3 is 1. The Morgan fingerprint density at radius 2 is 1.95 bits per heavy atom. The van der Waals surface area contributed by atoms with E-state index in [1.54, 1.807) is 18.4 Å². The average Bonchev–Trinajstić information content (AvgIpc) is 2.89. The van der Waals surface area contributed by atoms with Crippen molar-refractivity contribution in [3.63, 3.8) is 0 Å². The molecule has 0 saturated carbocycles. The Labute approximate surface area is 118 Å². The van der Waals surface area contributed by atoms with Crippen molar-refractivity contribution >= 4 is 11.3 Å². The molecule has 0 spiro atoms. The van der Waals surface area contributed by atoms with E-state index >= 15 is 0 Å². The Balaban J connectivity index is 2.15. The van der Waals surface area contributed by atoms with Gasteiger partial charge in [0.15, 0.2) is 0 Å². The van der Waals surface area contributed by atoms with Gasteiger partial charge in [-0.2, -0.15) is 0 Å². The highest BCUT2D eigenvalue weighted by molar-refractivity contribution is 7.09. The zero-order valence-electron chi connectivity index (χ0n) is 11.6. The molecule has 0 bridgehead atoms. The van der Waals surface area contributed by atoms with Crippen LogP contribution in [0.5, 0.6) is 0 Å². The third-order valence-electron chi connectivity index (χ3n) is 3.05. The van der Waals surface area contributed by atoms with Crippen LogP contribution in [0.2, 0.25) is 0 Å². The average molecular weight is 276 g/mol. The molecule has 4 heteroatoms. The lowest BCUT2D eigenvalue weighted by atomic mass is 10.1. The number of nitrogens with zero attached hydrogens (tertiary/aromatic N) is 1. The lowest BCUT2D eigenvalue weighted by Crippen LogP contribution is -2.11. The second-order valence-electron chi connectivity index (χ2n) is 4.92. The van der Waals surface area contributed by atoms with Crippen LogP contribution in [-0.2, 0) is 11.3 Å². The highest BCUT2D eigenvalue weighted by Gasteiger charge is 2.14. The molecule has 2 aromatic rings. The van der Waals surface area contributed by atoms with E-state index in [0.717, 1.165) is 21.8 Å². The Kier molecular flexibility index (Phi) is 4.69. The quantitative estimate of drug-likeness (QED) is 0.909. The Hall–Kier alpha value is -1.23. The fraction of sp³-hybridized carbons (Fsp3) is 0.400. The van der Waals surface area contributed by atoms with Crippen molar-refractivity contribution in [3.05, 3.63) is 51.5 Å². The number of benzene rings is 1. The summed E-state index contributed by atoms with van der Waals surface area (Å²) in [7, 11) is 1.70. The summed E-state index contributed by atoms with van der Waals surface area (Å²) in [6.07, 6.45) is 0. The summed E-state index contributed by atoms with van der Waals surface area (Å²) in [6, 6.07) is 8.06. The highest BCUT2D eigenvalue weighted by Crippen LogP contribution is 2.26. The fourth-order valence-electron chi connectivity index (χ4n) is 1.84. The van der Waals surface area contributed by atoms with Gasteiger partial charge in [0, 0.05) is 12.5 Å². The van der Waals surface area contributed by atoms with Crippen molar-refractivity contribution in [2.75, 3.05) is 7.11 Å². The van der Waals surface area contributed by atoms with Crippen molar-refractivity contribution in [2.24, 2.45) is 5.73 Å². The summed E-state index contributed by atoms with van der Waals surface area (Å²) >= 11 is 1.63. The van der Waals surface area contributed by atoms with E-state index in [1.807, 2.05) is 0 Å². The first kappa shape index (κ1) is 14.2. The van der Waals surface area contributed by atoms with Crippen LogP contribution in [0.25, 0.3) is 0 Å². The molecule has 0 radical (unpaired) electrons. The molecule has 1 atom stereocenters. The van der Waals surface area contributed by atoms with Crippen molar-refractivity contribution in [1.29, 1.82) is 0 Å². The van der Waals surface area contributed by atoms with E-state index in [4.69, 9.17) is 10.5 Å². The minimum Gasteiger partial charge on any atom is -0.380 e. The Morgan fingerprint density at radius 1 is 1.26 bits per heavy atom. The zero-order chi connectivity index (χ0) is 13.8. The maximum atomic E-state index is 6.27. The molecule has 1 heterocycles. The van der Waals surface area contributed by atoms with Crippen LogP contribution >= 0.6 is 11.3 Å². The van der Waals surface area contributed by atoms with Gasteiger partial charge < -0.3 is 10.5 Å². The molecule has 0 aliphatic carbocycles. The van der Waals surface area contributed by atoms with Crippen LogP contribution in [0.3, 0.4) is 0 Å². The maximum absolute atomic E-state index is 6.27. The molecular formula is C15H20N2OS. The van der Waals surface area contributed by atoms with E-state index in [9.17, 15) is 0 Å². The van der Waals surface area contributed by atoms with Gasteiger partial charge in [-0.15, -0.1) is 11.3 Å². The molecule has 102 valence electrons. The molecule has 19 heavy (non-hydrogen) atoms. The zero-order valence-corrected chi connectivity index (χ0v) is 12.4. The second-order valence-corrected chi connectivity index (χ2v) is 5.81. The van der Waals surface area contributed by atoms with Gasteiger partial charge in [-0.05, 0) is 17.0 Å². The second kappa shape index (κ2) is 6.28. The predicted molar refractivity (Wildman–Crippen MR) is 79.4 cm³/mol. The van der Waals surface area contributed by atoms with Crippen LogP contribution in [-0.4, -0.2) is 12.1 Å². The van der Waals surface area contributed by atoms with E-state index in [2.05, 4.69) is 48.5 Å². The number of rotatable bonds is 5. The number of hydrogen-bond donors (Lipinski definition) is 1. The van der Waals surface area contributed by atoms with Crippen molar-refractivity contribution in [1.82, 2.24) is 4.98 Å². The van der Waals surface area contributed by atoms with Gasteiger partial charge in [-0.1, -0.05) is 38.1 Å². The van der Waals surface area contributed by atoms with Crippen LogP contribution < -0.4 is 5.73 Å². The topological polar surface area (TPSA) is 48.1 Å². The molecule has 0 aliphatic heterocycles. The van der Waals surface area contributed by atoms with Crippen molar-refractivity contribution < 1.29 is 4.74 Å². The first-order valence-corrected chi connectivity index (χ1v) is 7.28. The third-order valence-corrected chi connectivity index (χ3v) is 3.99. The molecule has 2 N–H and O–H groups in total. The van der Waals surface area contributed by atoms with E-state index in [-0.39, 0.29) is 6.04 Å². The molecule has 1 aromatic carbocycles. The Morgan fingerprint density at radius 3 is 2.47 bits per heavy atom. The van der Waals surface area contributed by atoms with E-state index in [0.29, 0.717) is 12.5 Å². The van der Waals surface area contributed by atoms with Crippen molar-refractivity contribution in [2.45, 2.75) is 32.4 Å². The maximum Gasteiger partial charge on any atom is 0.114 e. The smallest absolute Gasteiger partial charge is 0.114 e. The monoisotopic (exact) mass is 276 g/mol. The summed E-state index contributed by atoms with van der Waals surface area (Å²) in [4.78, 5) is 4.61. The molecule has 0 fully saturated rings. The molecule has 2 rings (SSSR count). The van der Waals surface area contributed by atoms with Gasteiger partial charge in [0.25, 0.3) is 0 Å². The number of aromatic nitrogens is 1. The summed E-state index contributed by atoms with van der Waals surface area (Å²) < 4.78 is 5.10. The summed E-state index contributed by atoms with van der Waals surface area (Å²) in [6.45, 7) is 4.91. The lowest BCUT2D eigenvalue weighted by molar-refractivity contribution is 0.185. The van der Waals surface area contributed by atoms with Crippen LogP contribution in [0, 0.1) is 0 Å². The van der Waals surface area contributed by atoms with E-state index < -0.39 is 0 Å². The van der Waals surface area contributed by atoms with E-state index in [1.165, 1.54) is 0 Å². The standard InChI is InChI=1S/C15H20N2OS/c1-10(2)13-9-19-15(17-13)14(16)12-6-4-11(5-7-12)8-18-3/h4-7,9-10,14H,8,16H2,1-3H3. The minimum atomic E-state index is -0.144. The number of ether oxygens (including phenoxy) is 1. The first-order valence-electron chi connectivity index (χ1n) is 6.40. The summed E-state index contributed by atoms with van der Waals surface area (Å²) in [5.41, 5.74) is 9.63. The van der Waals surface area contributed by atoms with Crippen LogP contribution in [0.1, 0.15) is 47.6 Å². The van der Waals surface area contributed by atoms with Crippen LogP contribution in [0.15, 0.2) is 29.6 Å². The molecule has 0 aliphatic rings. The fourth-order valence-corrected chi connectivity index (χ4v) is 2.85. The Bertz CT molecular complexity index is 519. The molecule has 0 amide bonds. The van der Waals surface area contributed by atoms with Gasteiger partial charge in [0.2, 0.25) is 0 Å². The van der Waals surface area contributed by atoms with Gasteiger partial charge in [0.05, 0.1) is 18.3 Å². The van der Waals surface area contributed by atoms with Gasteiger partial charge in [0.1, 0.15) is 5.01 Å². The number of nitrogens with two attached hydrogens (primary N) is 1. The normalized spacial score (nSPS) is 12.9. The van der Waals surface area contributed by atoms with Gasteiger partial charge in [-0.3, -0.25) is 0 Å². The first-order chi connectivity index (χ1) is 9.11. The molecule has 1 aromatic heterocycles. The molecule has 0 saturated heterocycles. The van der Waals surface area contributed by atoms with Crippen molar-refractivity contribution in [3.8, 4) is 0 Å². The predicted octanol–water partition coefficient (Wildman–Crippen LogP) is 3.46. The third kappa shape index (κ3) is 3.41. The van der Waals surface area contributed by atoms with Gasteiger partial charge >= 0.3 is 0 Å². The molecule has 1 unspecified atom stereocenters. The molecular weight excluding hydrogens is 256 g/mol.